The molecule has 1 aliphatic rings. The molecule has 6 heteroatoms. The van der Waals surface area contributed by atoms with Crippen LogP contribution in [-0.2, 0) is 17.8 Å². The lowest BCUT2D eigenvalue weighted by molar-refractivity contribution is -0.139. The second kappa shape index (κ2) is 5.60. The third-order valence-electron chi connectivity index (χ3n) is 4.09. The summed E-state index contributed by atoms with van der Waals surface area (Å²) in [5.41, 5.74) is 0.649. The molecule has 1 unspecified atom stereocenters. The van der Waals surface area contributed by atoms with E-state index in [9.17, 15) is 14.7 Å². The van der Waals surface area contributed by atoms with Gasteiger partial charge in [-0.1, -0.05) is 13.3 Å². The molecule has 0 amide bonds. The highest BCUT2D eigenvalue weighted by molar-refractivity contribution is 7.18. The standard InChI is InChI=1S/C15H18N2O3S/c1-2-3-7-17-8-16-13-12(14(17)18)11-9(15(19)20)5-4-6-10(11)21-13/h8-9H,2-7H2,1H3,(H,19,20). The fourth-order valence-corrected chi connectivity index (χ4v) is 4.23. The Bertz CT molecular complexity index is 747. The maximum absolute atomic E-state index is 12.7. The zero-order valence-corrected chi connectivity index (χ0v) is 12.8. The molecule has 0 saturated carbocycles. The first-order chi connectivity index (χ1) is 10.1. The number of carboxylic acids is 1. The van der Waals surface area contributed by atoms with Crippen molar-refractivity contribution in [1.82, 2.24) is 9.55 Å². The Balaban J connectivity index is 2.20. The smallest absolute Gasteiger partial charge is 0.311 e. The number of aromatic nitrogens is 2. The number of unbranched alkanes of at least 4 members (excludes halogenated alkanes) is 1. The van der Waals surface area contributed by atoms with E-state index >= 15 is 0 Å². The quantitative estimate of drug-likeness (QED) is 0.942. The van der Waals surface area contributed by atoms with Crippen molar-refractivity contribution in [3.8, 4) is 0 Å². The van der Waals surface area contributed by atoms with Gasteiger partial charge in [-0.2, -0.15) is 0 Å². The van der Waals surface area contributed by atoms with Gasteiger partial charge in [0.25, 0.3) is 5.56 Å². The first-order valence-electron chi connectivity index (χ1n) is 7.37. The molecular formula is C15H18N2O3S. The fraction of sp³-hybridized carbons (Fsp3) is 0.533. The number of carboxylic acid groups (broad SMARTS) is 1. The van der Waals surface area contributed by atoms with E-state index in [0.29, 0.717) is 23.2 Å². The molecule has 0 bridgehead atoms. The minimum atomic E-state index is -0.834. The molecule has 0 saturated heterocycles. The van der Waals surface area contributed by atoms with Crippen LogP contribution < -0.4 is 5.56 Å². The zero-order valence-electron chi connectivity index (χ0n) is 12.0. The van der Waals surface area contributed by atoms with E-state index in [1.54, 1.807) is 10.9 Å². The van der Waals surface area contributed by atoms with Crippen LogP contribution in [-0.4, -0.2) is 20.6 Å². The maximum Gasteiger partial charge on any atom is 0.311 e. The predicted molar refractivity (Wildman–Crippen MR) is 82.1 cm³/mol. The van der Waals surface area contributed by atoms with Gasteiger partial charge in [0.1, 0.15) is 4.83 Å². The van der Waals surface area contributed by atoms with Crippen molar-refractivity contribution in [2.45, 2.75) is 51.5 Å². The first kappa shape index (κ1) is 14.3. The van der Waals surface area contributed by atoms with Crippen molar-refractivity contribution in [2.24, 2.45) is 0 Å². The van der Waals surface area contributed by atoms with Crippen LogP contribution >= 0.6 is 11.3 Å². The Morgan fingerprint density at radius 2 is 2.38 bits per heavy atom. The number of fused-ring (bicyclic) bond motifs is 3. The van der Waals surface area contributed by atoms with Gasteiger partial charge in [0, 0.05) is 11.4 Å². The maximum atomic E-state index is 12.7. The molecule has 0 aromatic carbocycles. The Morgan fingerprint density at radius 3 is 3.10 bits per heavy atom. The van der Waals surface area contributed by atoms with E-state index in [-0.39, 0.29) is 5.56 Å². The van der Waals surface area contributed by atoms with E-state index in [4.69, 9.17) is 0 Å². The predicted octanol–water partition coefficient (Wildman–Crippen LogP) is 2.76. The molecule has 112 valence electrons. The lowest BCUT2D eigenvalue weighted by Crippen LogP contribution is -2.23. The average Bonchev–Trinajstić information content (AvgIpc) is 2.85. The molecule has 1 aliphatic carbocycles. The summed E-state index contributed by atoms with van der Waals surface area (Å²) in [7, 11) is 0. The molecule has 2 aromatic rings. The van der Waals surface area contributed by atoms with Crippen molar-refractivity contribution in [1.29, 1.82) is 0 Å². The SMILES string of the molecule is CCCCn1cnc2sc3c(c2c1=O)C(C(=O)O)CCC3. The Kier molecular flexibility index (Phi) is 3.80. The van der Waals surface area contributed by atoms with Gasteiger partial charge in [-0.05, 0) is 31.2 Å². The van der Waals surface area contributed by atoms with Gasteiger partial charge < -0.3 is 5.11 Å². The minimum absolute atomic E-state index is 0.0842. The molecule has 0 spiro atoms. The highest BCUT2D eigenvalue weighted by Crippen LogP contribution is 2.40. The zero-order chi connectivity index (χ0) is 15.0. The molecule has 0 aliphatic heterocycles. The molecule has 0 fully saturated rings. The van der Waals surface area contributed by atoms with Crippen LogP contribution in [0.1, 0.15) is 49.0 Å². The lowest BCUT2D eigenvalue weighted by atomic mass is 9.86. The Morgan fingerprint density at radius 1 is 1.57 bits per heavy atom. The number of hydrogen-bond donors (Lipinski definition) is 1. The number of nitrogens with zero attached hydrogens (tertiary/aromatic N) is 2. The van der Waals surface area contributed by atoms with E-state index in [1.807, 2.05) is 0 Å². The topological polar surface area (TPSA) is 72.2 Å². The number of carbonyl (C=O) groups is 1. The van der Waals surface area contributed by atoms with Gasteiger partial charge >= 0.3 is 5.97 Å². The van der Waals surface area contributed by atoms with Crippen molar-refractivity contribution in [3.05, 3.63) is 27.1 Å². The third-order valence-corrected chi connectivity index (χ3v) is 5.26. The molecule has 5 nitrogen and oxygen atoms in total. The van der Waals surface area contributed by atoms with E-state index in [2.05, 4.69) is 11.9 Å². The van der Waals surface area contributed by atoms with E-state index < -0.39 is 11.9 Å². The molecule has 2 aromatic heterocycles. The van der Waals surface area contributed by atoms with Crippen molar-refractivity contribution in [2.75, 3.05) is 0 Å². The summed E-state index contributed by atoms with van der Waals surface area (Å²) in [6.45, 7) is 2.71. The number of hydrogen-bond acceptors (Lipinski definition) is 4. The summed E-state index contributed by atoms with van der Waals surface area (Å²) >= 11 is 1.48. The van der Waals surface area contributed by atoms with Crippen molar-refractivity contribution in [3.63, 3.8) is 0 Å². The molecular weight excluding hydrogens is 288 g/mol. The summed E-state index contributed by atoms with van der Waals surface area (Å²) in [5, 5.41) is 9.98. The molecule has 2 heterocycles. The summed E-state index contributed by atoms with van der Waals surface area (Å²) < 4.78 is 1.62. The number of aryl methyl sites for hydroxylation is 2. The Hall–Kier alpha value is -1.69. The van der Waals surface area contributed by atoms with Crippen molar-refractivity contribution >= 4 is 27.5 Å². The van der Waals surface area contributed by atoms with Crippen LogP contribution in [0.3, 0.4) is 0 Å². The van der Waals surface area contributed by atoms with Gasteiger partial charge in [0.15, 0.2) is 0 Å². The van der Waals surface area contributed by atoms with Gasteiger partial charge in [-0.3, -0.25) is 14.2 Å². The van der Waals surface area contributed by atoms with Crippen LogP contribution in [0.5, 0.6) is 0 Å². The number of thiophene rings is 1. The average molecular weight is 306 g/mol. The molecule has 1 atom stereocenters. The summed E-state index contributed by atoms with van der Waals surface area (Å²) in [5.74, 6) is -1.39. The van der Waals surface area contributed by atoms with Gasteiger partial charge in [0.05, 0.1) is 17.6 Å². The van der Waals surface area contributed by atoms with E-state index in [1.165, 1.54) is 11.3 Å². The van der Waals surface area contributed by atoms with Crippen LogP contribution in [0.4, 0.5) is 0 Å². The number of rotatable bonds is 4. The normalized spacial score (nSPS) is 17.9. The fourth-order valence-electron chi connectivity index (χ4n) is 2.99. The monoisotopic (exact) mass is 306 g/mol. The summed E-state index contributed by atoms with van der Waals surface area (Å²) in [4.78, 5) is 30.3. The summed E-state index contributed by atoms with van der Waals surface area (Å²) in [6.07, 6.45) is 5.84. The van der Waals surface area contributed by atoms with Gasteiger partial charge in [-0.15, -0.1) is 11.3 Å². The van der Waals surface area contributed by atoms with Crippen LogP contribution in [0.15, 0.2) is 11.1 Å². The highest BCUT2D eigenvalue weighted by atomic mass is 32.1. The Labute approximate surface area is 126 Å². The molecule has 0 radical (unpaired) electrons. The molecule has 1 N–H and O–H groups in total. The van der Waals surface area contributed by atoms with Gasteiger partial charge in [0.2, 0.25) is 0 Å². The highest BCUT2D eigenvalue weighted by Gasteiger charge is 2.31. The van der Waals surface area contributed by atoms with Crippen LogP contribution in [0, 0.1) is 0 Å². The van der Waals surface area contributed by atoms with Crippen LogP contribution in [0.2, 0.25) is 0 Å². The third kappa shape index (κ3) is 2.37. The molecule has 21 heavy (non-hydrogen) atoms. The lowest BCUT2D eigenvalue weighted by Gasteiger charge is -2.18. The van der Waals surface area contributed by atoms with Gasteiger partial charge in [-0.25, -0.2) is 4.98 Å². The summed E-state index contributed by atoms with van der Waals surface area (Å²) in [6, 6.07) is 0. The minimum Gasteiger partial charge on any atom is -0.481 e. The number of aliphatic carboxylic acids is 1. The second-order valence-electron chi connectivity index (χ2n) is 5.50. The largest absolute Gasteiger partial charge is 0.481 e. The van der Waals surface area contributed by atoms with E-state index in [0.717, 1.165) is 36.1 Å². The van der Waals surface area contributed by atoms with Crippen LogP contribution in [0.25, 0.3) is 10.2 Å². The second-order valence-corrected chi connectivity index (χ2v) is 6.58. The first-order valence-corrected chi connectivity index (χ1v) is 8.18. The molecule has 3 rings (SSSR count). The van der Waals surface area contributed by atoms with Crippen molar-refractivity contribution < 1.29 is 9.90 Å².